The summed E-state index contributed by atoms with van der Waals surface area (Å²) in [6, 6.07) is 7.82. The lowest BCUT2D eigenvalue weighted by molar-refractivity contribution is -0.161. The van der Waals surface area contributed by atoms with Gasteiger partial charge in [0.05, 0.1) is 12.2 Å². The fourth-order valence-corrected chi connectivity index (χ4v) is 9.41. The molecule has 0 aliphatic heterocycles. The van der Waals surface area contributed by atoms with Crippen LogP contribution in [0.1, 0.15) is 89.4 Å². The summed E-state index contributed by atoms with van der Waals surface area (Å²) in [5.74, 6) is 2.27. The van der Waals surface area contributed by atoms with Gasteiger partial charge < -0.3 is 15.3 Å². The van der Waals surface area contributed by atoms with Gasteiger partial charge in [0.2, 0.25) is 0 Å². The lowest BCUT2D eigenvalue weighted by Crippen LogP contribution is -2.57. The van der Waals surface area contributed by atoms with Crippen LogP contribution in [0.5, 0.6) is 0 Å². The highest BCUT2D eigenvalue weighted by atomic mass is 16.3. The molecule has 0 saturated heterocycles. The number of carbonyl (C=O) groups excluding carboxylic acids is 1. The van der Waals surface area contributed by atoms with E-state index in [1.54, 1.807) is 0 Å². The van der Waals surface area contributed by atoms with Gasteiger partial charge in [-0.05, 0) is 97.9 Å². The molecule has 0 aromatic heterocycles. The number of benzene rings is 1. The molecular weight excluding hydrogens is 424 g/mol. The van der Waals surface area contributed by atoms with Gasteiger partial charge in [0.15, 0.2) is 0 Å². The van der Waals surface area contributed by atoms with E-state index < -0.39 is 12.2 Å². The third kappa shape index (κ3) is 3.71. The van der Waals surface area contributed by atoms with E-state index in [-0.39, 0.29) is 28.8 Å². The molecule has 0 heterocycles. The summed E-state index contributed by atoms with van der Waals surface area (Å²) in [5.41, 5.74) is 2.06. The molecule has 4 aliphatic carbocycles. The second-order valence-electron chi connectivity index (χ2n) is 13.0. The Kier molecular flexibility index (Phi) is 6.27. The molecule has 5 rings (SSSR count). The SMILES string of the molecule is Cc1ccc([C@H](O)[C@@H](O)[C@@H](C)[C@H]2CC[C@H]3[C@@H]4CC(=O)[C@H]5C[C@H](O)CC[C@]5(C)[C@H]4CC[C@]23C)cc1. The molecule has 11 atom stereocenters. The van der Waals surface area contributed by atoms with Gasteiger partial charge in [-0.2, -0.15) is 0 Å². The molecule has 0 spiro atoms. The molecule has 34 heavy (non-hydrogen) atoms. The van der Waals surface area contributed by atoms with Crippen molar-refractivity contribution >= 4 is 5.78 Å². The zero-order valence-electron chi connectivity index (χ0n) is 21.4. The summed E-state index contributed by atoms with van der Waals surface area (Å²) in [7, 11) is 0. The minimum atomic E-state index is -0.876. The van der Waals surface area contributed by atoms with E-state index >= 15 is 0 Å². The topological polar surface area (TPSA) is 77.8 Å². The minimum absolute atomic E-state index is 0.00434. The van der Waals surface area contributed by atoms with E-state index in [4.69, 9.17) is 0 Å². The van der Waals surface area contributed by atoms with Crippen LogP contribution in [-0.2, 0) is 4.79 Å². The Morgan fingerprint density at radius 3 is 2.29 bits per heavy atom. The van der Waals surface area contributed by atoms with Crippen molar-refractivity contribution in [1.29, 1.82) is 0 Å². The smallest absolute Gasteiger partial charge is 0.136 e. The molecule has 4 aliphatic rings. The van der Waals surface area contributed by atoms with Crippen LogP contribution in [0, 0.1) is 53.3 Å². The van der Waals surface area contributed by atoms with Crippen molar-refractivity contribution in [2.24, 2.45) is 46.3 Å². The molecule has 0 radical (unpaired) electrons. The van der Waals surface area contributed by atoms with Crippen LogP contribution in [0.25, 0.3) is 0 Å². The second kappa shape index (κ2) is 8.71. The van der Waals surface area contributed by atoms with E-state index in [9.17, 15) is 20.1 Å². The Morgan fingerprint density at radius 1 is 0.941 bits per heavy atom. The number of aliphatic hydroxyl groups is 3. The first-order valence-electron chi connectivity index (χ1n) is 13.7. The Bertz CT molecular complexity index is 911. The molecule has 188 valence electrons. The van der Waals surface area contributed by atoms with Gasteiger partial charge in [-0.25, -0.2) is 0 Å². The highest BCUT2D eigenvalue weighted by Gasteiger charge is 2.62. The van der Waals surface area contributed by atoms with Crippen molar-refractivity contribution in [3.8, 4) is 0 Å². The van der Waals surface area contributed by atoms with Crippen LogP contribution in [0.2, 0.25) is 0 Å². The molecule has 4 fully saturated rings. The van der Waals surface area contributed by atoms with E-state index in [0.29, 0.717) is 42.3 Å². The van der Waals surface area contributed by atoms with Crippen molar-refractivity contribution < 1.29 is 20.1 Å². The first-order chi connectivity index (χ1) is 16.1. The van der Waals surface area contributed by atoms with Crippen molar-refractivity contribution in [3.05, 3.63) is 35.4 Å². The largest absolute Gasteiger partial charge is 0.393 e. The van der Waals surface area contributed by atoms with E-state index in [1.807, 2.05) is 31.2 Å². The van der Waals surface area contributed by atoms with E-state index in [2.05, 4.69) is 20.8 Å². The highest BCUT2D eigenvalue weighted by Crippen LogP contribution is 2.68. The zero-order chi connectivity index (χ0) is 24.4. The number of aliphatic hydroxyl groups excluding tert-OH is 3. The summed E-state index contributed by atoms with van der Waals surface area (Å²) in [6.45, 7) is 8.91. The van der Waals surface area contributed by atoms with Gasteiger partial charge in [0.25, 0.3) is 0 Å². The first kappa shape index (κ1) is 24.5. The number of ketones is 1. The maximum absolute atomic E-state index is 13.3. The third-order valence-corrected chi connectivity index (χ3v) is 11.4. The molecule has 0 bridgehead atoms. The number of hydrogen-bond donors (Lipinski definition) is 3. The van der Waals surface area contributed by atoms with Gasteiger partial charge in [0.1, 0.15) is 11.9 Å². The highest BCUT2D eigenvalue weighted by molar-refractivity contribution is 5.83. The number of fused-ring (bicyclic) bond motifs is 5. The number of carbonyl (C=O) groups is 1. The van der Waals surface area contributed by atoms with Crippen LogP contribution in [0.4, 0.5) is 0 Å². The van der Waals surface area contributed by atoms with Crippen molar-refractivity contribution in [3.63, 3.8) is 0 Å². The van der Waals surface area contributed by atoms with Crippen LogP contribution in [0.15, 0.2) is 24.3 Å². The molecular formula is C30H44O4. The van der Waals surface area contributed by atoms with Crippen LogP contribution in [0.3, 0.4) is 0 Å². The Balaban J connectivity index is 1.36. The third-order valence-electron chi connectivity index (χ3n) is 11.4. The summed E-state index contributed by atoms with van der Waals surface area (Å²) in [6.07, 6.45) is 5.61. The minimum Gasteiger partial charge on any atom is -0.393 e. The quantitative estimate of drug-likeness (QED) is 0.566. The summed E-state index contributed by atoms with van der Waals surface area (Å²) < 4.78 is 0. The van der Waals surface area contributed by atoms with E-state index in [0.717, 1.165) is 49.7 Å². The van der Waals surface area contributed by atoms with Crippen LogP contribution in [-0.4, -0.2) is 33.3 Å². The van der Waals surface area contributed by atoms with Crippen molar-refractivity contribution in [2.45, 2.75) is 97.4 Å². The summed E-state index contributed by atoms with van der Waals surface area (Å²) in [4.78, 5) is 13.3. The second-order valence-corrected chi connectivity index (χ2v) is 13.0. The van der Waals surface area contributed by atoms with Gasteiger partial charge in [0, 0.05) is 12.3 Å². The molecule has 3 N–H and O–H groups in total. The van der Waals surface area contributed by atoms with Gasteiger partial charge in [-0.3, -0.25) is 4.79 Å². The fourth-order valence-electron chi connectivity index (χ4n) is 9.41. The zero-order valence-corrected chi connectivity index (χ0v) is 21.4. The van der Waals surface area contributed by atoms with Crippen molar-refractivity contribution in [2.75, 3.05) is 0 Å². The van der Waals surface area contributed by atoms with Gasteiger partial charge in [-0.1, -0.05) is 50.6 Å². The Hall–Kier alpha value is -1.23. The van der Waals surface area contributed by atoms with Gasteiger partial charge in [-0.15, -0.1) is 0 Å². The van der Waals surface area contributed by atoms with Crippen LogP contribution >= 0.6 is 0 Å². The normalized spacial score (nSPS) is 44.5. The average Bonchev–Trinajstić information content (AvgIpc) is 3.17. The van der Waals surface area contributed by atoms with Crippen LogP contribution < -0.4 is 0 Å². The molecule has 0 amide bonds. The monoisotopic (exact) mass is 468 g/mol. The lowest BCUT2D eigenvalue weighted by atomic mass is 9.44. The fraction of sp³-hybridized carbons (Fsp3) is 0.767. The maximum atomic E-state index is 13.3. The number of rotatable bonds is 4. The Morgan fingerprint density at radius 2 is 1.59 bits per heavy atom. The standard InChI is InChI=1S/C30H44O4/c1-17-5-7-19(8-6-17)28(34)27(33)18(2)22-9-10-23-21-16-26(32)25-15-20(31)11-13-30(25,4)24(21)12-14-29(22,23)3/h5-8,18,20-25,27-28,31,33-34H,9-16H2,1-4H3/t18-,20+,21-,22+,23-,24-,25+,27-,28-,29+,30+/m0/s1. The molecule has 1 aromatic carbocycles. The number of aryl methyl sites for hydroxylation is 1. The predicted molar refractivity (Wildman–Crippen MR) is 133 cm³/mol. The average molecular weight is 469 g/mol. The summed E-state index contributed by atoms with van der Waals surface area (Å²) in [5, 5.41) is 32.5. The number of hydrogen-bond acceptors (Lipinski definition) is 4. The van der Waals surface area contributed by atoms with Gasteiger partial charge >= 0.3 is 0 Å². The molecule has 4 saturated carbocycles. The lowest BCUT2D eigenvalue weighted by Gasteiger charge is -2.60. The molecule has 4 heteroatoms. The van der Waals surface area contributed by atoms with Crippen molar-refractivity contribution in [1.82, 2.24) is 0 Å². The van der Waals surface area contributed by atoms with E-state index in [1.165, 1.54) is 0 Å². The molecule has 0 unspecified atom stereocenters. The number of Topliss-reactive ketones (excluding diaryl/α,β-unsaturated/α-hetero) is 1. The maximum Gasteiger partial charge on any atom is 0.136 e. The first-order valence-corrected chi connectivity index (χ1v) is 13.7. The summed E-state index contributed by atoms with van der Waals surface area (Å²) >= 11 is 0. The predicted octanol–water partition coefficient (Wildman–Crippen LogP) is 5.22. The Labute approximate surface area is 205 Å². The molecule has 1 aromatic rings. The molecule has 4 nitrogen and oxygen atoms in total.